The molecule has 0 saturated carbocycles. The van der Waals surface area contributed by atoms with Gasteiger partial charge in [0.1, 0.15) is 11.4 Å². The van der Waals surface area contributed by atoms with E-state index in [1.807, 2.05) is 20.8 Å². The molecule has 170 valence electrons. The Morgan fingerprint density at radius 2 is 1.81 bits per heavy atom. The fourth-order valence-electron chi connectivity index (χ4n) is 3.20. The maximum atomic E-state index is 11.9. The van der Waals surface area contributed by atoms with Gasteiger partial charge in [-0.05, 0) is 57.7 Å². The zero-order chi connectivity index (χ0) is 22.9. The summed E-state index contributed by atoms with van der Waals surface area (Å²) >= 11 is 0. The van der Waals surface area contributed by atoms with Crippen molar-refractivity contribution in [3.05, 3.63) is 29.8 Å². The molecule has 1 aliphatic heterocycles. The summed E-state index contributed by atoms with van der Waals surface area (Å²) in [6.45, 7) is 5.94. The van der Waals surface area contributed by atoms with E-state index in [-0.39, 0.29) is 36.2 Å². The van der Waals surface area contributed by atoms with Crippen LogP contribution in [0.1, 0.15) is 70.8 Å². The number of amides is 3. The third-order valence-electron chi connectivity index (χ3n) is 4.69. The largest absolute Gasteiger partial charge is 0.484 e. The molecular weight excluding hydrogens is 400 g/mol. The van der Waals surface area contributed by atoms with Crippen molar-refractivity contribution in [2.45, 2.75) is 70.8 Å². The number of benzene rings is 1. The second-order valence-corrected chi connectivity index (χ2v) is 8.61. The van der Waals surface area contributed by atoms with E-state index >= 15 is 0 Å². The van der Waals surface area contributed by atoms with Gasteiger partial charge in [-0.3, -0.25) is 24.5 Å². The molecule has 1 unspecified atom stereocenters. The van der Waals surface area contributed by atoms with Crippen LogP contribution in [0.4, 0.5) is 0 Å². The van der Waals surface area contributed by atoms with E-state index in [2.05, 4.69) is 10.6 Å². The van der Waals surface area contributed by atoms with E-state index in [1.165, 1.54) is 0 Å². The van der Waals surface area contributed by atoms with Gasteiger partial charge in [-0.25, -0.2) is 0 Å². The van der Waals surface area contributed by atoms with Crippen LogP contribution < -0.4 is 15.4 Å². The first kappa shape index (κ1) is 24.4. The molecule has 1 aromatic rings. The number of hydrogen-bond acceptors (Lipinski definition) is 6. The van der Waals surface area contributed by atoms with E-state index in [4.69, 9.17) is 9.47 Å². The van der Waals surface area contributed by atoms with Gasteiger partial charge in [0, 0.05) is 19.4 Å². The molecule has 1 aromatic carbocycles. The third-order valence-corrected chi connectivity index (χ3v) is 4.69. The monoisotopic (exact) mass is 432 g/mol. The van der Waals surface area contributed by atoms with Gasteiger partial charge in [0.05, 0.1) is 5.92 Å². The topological polar surface area (TPSA) is 111 Å². The van der Waals surface area contributed by atoms with Gasteiger partial charge in [-0.2, -0.15) is 0 Å². The number of nitrogens with one attached hydrogen (secondary N) is 2. The number of carbonyl (C=O) groups is 4. The van der Waals surface area contributed by atoms with Crippen LogP contribution in [0.15, 0.2) is 24.3 Å². The lowest BCUT2D eigenvalue weighted by Gasteiger charge is -2.21. The molecule has 0 bridgehead atoms. The second kappa shape index (κ2) is 11.5. The highest BCUT2D eigenvalue weighted by Crippen LogP contribution is 2.26. The number of hydrogen-bond donors (Lipinski definition) is 2. The zero-order valence-corrected chi connectivity index (χ0v) is 18.5. The molecular formula is C23H32N2O6. The van der Waals surface area contributed by atoms with Gasteiger partial charge in [0.25, 0.3) is 5.91 Å². The Morgan fingerprint density at radius 3 is 2.45 bits per heavy atom. The molecule has 1 fully saturated rings. The maximum Gasteiger partial charge on any atom is 0.306 e. The summed E-state index contributed by atoms with van der Waals surface area (Å²) < 4.78 is 10.7. The Kier molecular flexibility index (Phi) is 9.03. The summed E-state index contributed by atoms with van der Waals surface area (Å²) in [5.41, 5.74) is 0.351. The molecule has 3 amide bonds. The van der Waals surface area contributed by atoms with Crippen molar-refractivity contribution in [2.24, 2.45) is 0 Å². The zero-order valence-electron chi connectivity index (χ0n) is 18.5. The fraction of sp³-hybridized carbons (Fsp3) is 0.565. The molecule has 0 spiro atoms. The van der Waals surface area contributed by atoms with Crippen LogP contribution in [-0.4, -0.2) is 42.4 Å². The van der Waals surface area contributed by atoms with E-state index in [0.717, 1.165) is 24.8 Å². The summed E-state index contributed by atoms with van der Waals surface area (Å²) in [6.07, 6.45) is 3.52. The number of unbranched alkanes of at least 4 members (excludes halogenated alkanes) is 2. The number of ether oxygens (including phenoxy) is 2. The molecule has 0 radical (unpaired) electrons. The summed E-state index contributed by atoms with van der Waals surface area (Å²) in [6, 6.07) is 6.97. The first-order valence-corrected chi connectivity index (χ1v) is 10.7. The molecule has 31 heavy (non-hydrogen) atoms. The minimum Gasteiger partial charge on any atom is -0.484 e. The number of rotatable bonds is 10. The van der Waals surface area contributed by atoms with Crippen LogP contribution in [0.25, 0.3) is 0 Å². The van der Waals surface area contributed by atoms with Crippen molar-refractivity contribution in [2.75, 3.05) is 13.2 Å². The van der Waals surface area contributed by atoms with Gasteiger partial charge in [-0.15, -0.1) is 0 Å². The van der Waals surface area contributed by atoms with E-state index in [0.29, 0.717) is 31.6 Å². The Bertz CT molecular complexity index is 782. The summed E-state index contributed by atoms with van der Waals surface area (Å²) in [5.74, 6) is -0.755. The SMILES string of the molecule is CC(C)(C)OC(=O)CCCCCNC(=O)COc1ccc(C2CCC(=O)NC2=O)cc1. The minimum absolute atomic E-state index is 0.102. The van der Waals surface area contributed by atoms with Crippen LogP contribution >= 0.6 is 0 Å². The van der Waals surface area contributed by atoms with Crippen LogP contribution in [0.3, 0.4) is 0 Å². The molecule has 1 heterocycles. The van der Waals surface area contributed by atoms with Crippen molar-refractivity contribution in [3.8, 4) is 5.75 Å². The highest BCUT2D eigenvalue weighted by atomic mass is 16.6. The molecule has 0 aromatic heterocycles. The molecule has 8 heteroatoms. The minimum atomic E-state index is -0.462. The molecule has 0 aliphatic carbocycles. The van der Waals surface area contributed by atoms with Gasteiger partial charge >= 0.3 is 5.97 Å². The normalized spacial score (nSPS) is 16.4. The first-order valence-electron chi connectivity index (χ1n) is 10.7. The lowest BCUT2D eigenvalue weighted by atomic mass is 9.90. The first-order chi connectivity index (χ1) is 14.6. The van der Waals surface area contributed by atoms with Crippen LogP contribution in [0, 0.1) is 0 Å². The van der Waals surface area contributed by atoms with E-state index < -0.39 is 5.60 Å². The summed E-state index contributed by atoms with van der Waals surface area (Å²) in [5, 5.41) is 5.13. The Morgan fingerprint density at radius 1 is 1.10 bits per heavy atom. The van der Waals surface area contributed by atoms with Crippen LogP contribution in [0.5, 0.6) is 5.75 Å². The smallest absolute Gasteiger partial charge is 0.306 e. The predicted octanol–water partition coefficient (Wildman–Crippen LogP) is 2.60. The van der Waals surface area contributed by atoms with Gasteiger partial charge in [0.2, 0.25) is 11.8 Å². The van der Waals surface area contributed by atoms with Crippen molar-refractivity contribution in [1.82, 2.24) is 10.6 Å². The Hall–Kier alpha value is -2.90. The number of esters is 1. The average Bonchev–Trinajstić information content (AvgIpc) is 2.68. The van der Waals surface area contributed by atoms with Crippen LogP contribution in [-0.2, 0) is 23.9 Å². The lowest BCUT2D eigenvalue weighted by molar-refractivity contribution is -0.155. The standard InChI is InChI=1S/C23H32N2O6/c1-23(2,3)31-21(28)7-5-4-6-14-24-20(27)15-30-17-10-8-16(9-11-17)18-12-13-19(26)25-22(18)29/h8-11,18H,4-7,12-15H2,1-3H3,(H,24,27)(H,25,26,29). The molecule has 2 rings (SSSR count). The highest BCUT2D eigenvalue weighted by Gasteiger charge is 2.27. The number of piperidine rings is 1. The molecule has 1 aliphatic rings. The van der Waals surface area contributed by atoms with E-state index in [9.17, 15) is 19.2 Å². The summed E-state index contributed by atoms with van der Waals surface area (Å²) in [4.78, 5) is 46.7. The molecule has 1 atom stereocenters. The highest BCUT2D eigenvalue weighted by molar-refractivity contribution is 6.00. The molecule has 2 N–H and O–H groups in total. The van der Waals surface area contributed by atoms with Crippen molar-refractivity contribution < 1.29 is 28.7 Å². The van der Waals surface area contributed by atoms with Gasteiger partial charge in [-0.1, -0.05) is 18.6 Å². The van der Waals surface area contributed by atoms with Crippen molar-refractivity contribution >= 4 is 23.7 Å². The quantitative estimate of drug-likeness (QED) is 0.334. The van der Waals surface area contributed by atoms with Gasteiger partial charge < -0.3 is 14.8 Å². The fourth-order valence-corrected chi connectivity index (χ4v) is 3.20. The molecule has 1 saturated heterocycles. The molecule has 8 nitrogen and oxygen atoms in total. The number of imide groups is 1. The van der Waals surface area contributed by atoms with Crippen molar-refractivity contribution in [1.29, 1.82) is 0 Å². The van der Waals surface area contributed by atoms with E-state index in [1.54, 1.807) is 24.3 Å². The Labute approximate surface area is 183 Å². The number of carbonyl (C=O) groups excluding carboxylic acids is 4. The second-order valence-electron chi connectivity index (χ2n) is 8.61. The van der Waals surface area contributed by atoms with Crippen LogP contribution in [0.2, 0.25) is 0 Å². The van der Waals surface area contributed by atoms with Crippen molar-refractivity contribution in [3.63, 3.8) is 0 Å². The average molecular weight is 433 g/mol. The summed E-state index contributed by atoms with van der Waals surface area (Å²) in [7, 11) is 0. The lowest BCUT2D eigenvalue weighted by Crippen LogP contribution is -2.39. The predicted molar refractivity (Wildman–Crippen MR) is 114 cm³/mol. The maximum absolute atomic E-state index is 11.9. The Balaban J connectivity index is 1.59. The third kappa shape index (κ3) is 9.19. The van der Waals surface area contributed by atoms with Gasteiger partial charge in [0.15, 0.2) is 6.61 Å².